The molecule has 0 saturated carbocycles. The summed E-state index contributed by atoms with van der Waals surface area (Å²) in [5, 5.41) is 4.59. The summed E-state index contributed by atoms with van der Waals surface area (Å²) < 4.78 is 11.1. The molecule has 0 spiro atoms. The largest absolute Gasteiger partial charge is 0.485 e. The van der Waals surface area contributed by atoms with E-state index in [0.717, 1.165) is 22.4 Å². The molecule has 0 bridgehead atoms. The minimum atomic E-state index is 0.258. The van der Waals surface area contributed by atoms with E-state index in [9.17, 15) is 0 Å². The van der Waals surface area contributed by atoms with Crippen molar-refractivity contribution < 1.29 is 9.26 Å². The standard InChI is InChI=1S/C18H17ClN2O2/c1-11-7-12(2)13(3)16(8-11)22-10-17-20-18(23-21-17)14-5-4-6-15(19)9-14/h4-9H,10H2,1-3H3. The Labute approximate surface area is 140 Å². The van der Waals surface area contributed by atoms with Crippen LogP contribution in [-0.4, -0.2) is 10.1 Å². The molecule has 3 aromatic rings. The third kappa shape index (κ3) is 3.54. The Kier molecular flexibility index (Phi) is 4.35. The molecule has 1 aromatic heterocycles. The van der Waals surface area contributed by atoms with Crippen LogP contribution in [0.3, 0.4) is 0 Å². The summed E-state index contributed by atoms with van der Waals surface area (Å²) in [5.74, 6) is 1.78. The predicted molar refractivity (Wildman–Crippen MR) is 89.7 cm³/mol. The van der Waals surface area contributed by atoms with Crippen molar-refractivity contribution in [1.82, 2.24) is 10.1 Å². The van der Waals surface area contributed by atoms with Gasteiger partial charge in [-0.1, -0.05) is 28.9 Å². The van der Waals surface area contributed by atoms with Crippen molar-refractivity contribution >= 4 is 11.6 Å². The van der Waals surface area contributed by atoms with Gasteiger partial charge in [0.05, 0.1) is 0 Å². The van der Waals surface area contributed by atoms with Crippen molar-refractivity contribution in [2.24, 2.45) is 0 Å². The molecular formula is C18H17ClN2O2. The molecule has 0 unspecified atom stereocenters. The van der Waals surface area contributed by atoms with Gasteiger partial charge >= 0.3 is 0 Å². The highest BCUT2D eigenvalue weighted by atomic mass is 35.5. The van der Waals surface area contributed by atoms with Gasteiger partial charge in [0.1, 0.15) is 5.75 Å². The minimum Gasteiger partial charge on any atom is -0.485 e. The summed E-state index contributed by atoms with van der Waals surface area (Å²) in [6, 6.07) is 11.4. The number of aryl methyl sites for hydroxylation is 2. The molecule has 0 aliphatic heterocycles. The summed E-state index contributed by atoms with van der Waals surface area (Å²) in [5.41, 5.74) is 4.27. The lowest BCUT2D eigenvalue weighted by molar-refractivity contribution is 0.285. The first-order valence-corrected chi connectivity index (χ1v) is 7.70. The fourth-order valence-electron chi connectivity index (χ4n) is 2.34. The molecule has 1 heterocycles. The molecule has 0 aliphatic rings. The van der Waals surface area contributed by atoms with E-state index in [4.69, 9.17) is 20.9 Å². The maximum absolute atomic E-state index is 5.98. The first-order valence-electron chi connectivity index (χ1n) is 7.32. The molecule has 0 amide bonds. The third-order valence-corrected chi connectivity index (χ3v) is 3.90. The minimum absolute atomic E-state index is 0.258. The second-order valence-electron chi connectivity index (χ2n) is 5.52. The lowest BCUT2D eigenvalue weighted by Gasteiger charge is -2.10. The van der Waals surface area contributed by atoms with Crippen LogP contribution in [0.4, 0.5) is 0 Å². The lowest BCUT2D eigenvalue weighted by atomic mass is 10.1. The summed E-state index contributed by atoms with van der Waals surface area (Å²) >= 11 is 5.98. The van der Waals surface area contributed by atoms with Crippen LogP contribution < -0.4 is 4.74 Å². The molecule has 118 valence electrons. The van der Waals surface area contributed by atoms with Gasteiger partial charge < -0.3 is 9.26 Å². The molecule has 0 aliphatic carbocycles. The smallest absolute Gasteiger partial charge is 0.258 e. The quantitative estimate of drug-likeness (QED) is 0.683. The maximum atomic E-state index is 5.98. The predicted octanol–water partition coefficient (Wildman–Crippen LogP) is 4.89. The molecule has 4 nitrogen and oxygen atoms in total. The number of hydrogen-bond donors (Lipinski definition) is 0. The van der Waals surface area contributed by atoms with Gasteiger partial charge in [-0.25, -0.2) is 0 Å². The van der Waals surface area contributed by atoms with Crippen LogP contribution in [0.2, 0.25) is 5.02 Å². The number of halogens is 1. The van der Waals surface area contributed by atoms with E-state index in [2.05, 4.69) is 23.1 Å². The van der Waals surface area contributed by atoms with Gasteiger partial charge in [-0.2, -0.15) is 4.98 Å². The Balaban J connectivity index is 1.75. The molecule has 0 saturated heterocycles. The molecule has 0 atom stereocenters. The van der Waals surface area contributed by atoms with E-state index in [1.165, 1.54) is 5.56 Å². The highest BCUT2D eigenvalue weighted by Gasteiger charge is 2.11. The van der Waals surface area contributed by atoms with Crippen LogP contribution in [0.1, 0.15) is 22.5 Å². The molecular weight excluding hydrogens is 312 g/mol. The van der Waals surface area contributed by atoms with E-state index in [0.29, 0.717) is 16.7 Å². The topological polar surface area (TPSA) is 48.2 Å². The first-order chi connectivity index (χ1) is 11.0. The van der Waals surface area contributed by atoms with Gasteiger partial charge in [0.2, 0.25) is 5.82 Å². The fraction of sp³-hybridized carbons (Fsp3) is 0.222. The number of ether oxygens (including phenoxy) is 1. The Morgan fingerprint density at radius 2 is 1.96 bits per heavy atom. The molecule has 5 heteroatoms. The maximum Gasteiger partial charge on any atom is 0.258 e. The Morgan fingerprint density at radius 1 is 1.13 bits per heavy atom. The number of nitrogens with zero attached hydrogens (tertiary/aromatic N) is 2. The van der Waals surface area contributed by atoms with Crippen molar-refractivity contribution in [3.05, 3.63) is 63.9 Å². The second-order valence-corrected chi connectivity index (χ2v) is 5.96. The molecule has 0 radical (unpaired) electrons. The summed E-state index contributed by atoms with van der Waals surface area (Å²) in [6.07, 6.45) is 0. The zero-order valence-electron chi connectivity index (χ0n) is 13.3. The zero-order valence-corrected chi connectivity index (χ0v) is 14.0. The molecule has 3 rings (SSSR count). The Bertz CT molecular complexity index is 843. The first kappa shape index (κ1) is 15.6. The fourth-order valence-corrected chi connectivity index (χ4v) is 2.53. The molecule has 23 heavy (non-hydrogen) atoms. The van der Waals surface area contributed by atoms with Gasteiger partial charge in [-0.05, 0) is 61.7 Å². The van der Waals surface area contributed by atoms with E-state index < -0.39 is 0 Å². The van der Waals surface area contributed by atoms with Crippen LogP contribution in [0.25, 0.3) is 11.5 Å². The summed E-state index contributed by atoms with van der Waals surface area (Å²) in [6.45, 7) is 6.41. The molecule has 0 fully saturated rings. The second kappa shape index (κ2) is 6.42. The number of hydrogen-bond acceptors (Lipinski definition) is 4. The van der Waals surface area contributed by atoms with Crippen molar-refractivity contribution in [2.75, 3.05) is 0 Å². The normalized spacial score (nSPS) is 10.8. The Hall–Kier alpha value is -2.33. The number of aromatic nitrogens is 2. The SMILES string of the molecule is Cc1cc(C)c(C)c(OCc2noc(-c3cccc(Cl)c3)n2)c1. The van der Waals surface area contributed by atoms with E-state index in [1.807, 2.05) is 32.0 Å². The van der Waals surface area contributed by atoms with E-state index in [1.54, 1.807) is 12.1 Å². The average molecular weight is 329 g/mol. The highest BCUT2D eigenvalue weighted by Crippen LogP contribution is 2.25. The summed E-state index contributed by atoms with van der Waals surface area (Å²) in [7, 11) is 0. The van der Waals surface area contributed by atoms with Gasteiger partial charge in [-0.15, -0.1) is 0 Å². The van der Waals surface area contributed by atoms with Crippen LogP contribution in [0, 0.1) is 20.8 Å². The lowest BCUT2D eigenvalue weighted by Crippen LogP contribution is -2.00. The van der Waals surface area contributed by atoms with Crippen molar-refractivity contribution in [3.63, 3.8) is 0 Å². The van der Waals surface area contributed by atoms with E-state index in [-0.39, 0.29) is 6.61 Å². The Morgan fingerprint density at radius 3 is 2.74 bits per heavy atom. The van der Waals surface area contributed by atoms with Crippen LogP contribution >= 0.6 is 11.6 Å². The van der Waals surface area contributed by atoms with Crippen LogP contribution in [0.5, 0.6) is 5.75 Å². The van der Waals surface area contributed by atoms with Crippen molar-refractivity contribution in [1.29, 1.82) is 0 Å². The average Bonchev–Trinajstić information content (AvgIpc) is 2.98. The van der Waals surface area contributed by atoms with Crippen molar-refractivity contribution in [2.45, 2.75) is 27.4 Å². The van der Waals surface area contributed by atoms with Crippen LogP contribution in [0.15, 0.2) is 40.9 Å². The van der Waals surface area contributed by atoms with Crippen molar-refractivity contribution in [3.8, 4) is 17.2 Å². The van der Waals surface area contributed by atoms with Crippen LogP contribution in [-0.2, 0) is 6.61 Å². The summed E-state index contributed by atoms with van der Waals surface area (Å²) in [4.78, 5) is 4.35. The van der Waals surface area contributed by atoms with Gasteiger partial charge in [0.15, 0.2) is 6.61 Å². The van der Waals surface area contributed by atoms with Gasteiger partial charge in [0, 0.05) is 10.6 Å². The zero-order chi connectivity index (χ0) is 16.4. The van der Waals surface area contributed by atoms with Gasteiger partial charge in [0.25, 0.3) is 5.89 Å². The monoisotopic (exact) mass is 328 g/mol. The third-order valence-electron chi connectivity index (χ3n) is 3.66. The highest BCUT2D eigenvalue weighted by molar-refractivity contribution is 6.30. The molecule has 0 N–H and O–H groups in total. The van der Waals surface area contributed by atoms with E-state index >= 15 is 0 Å². The number of rotatable bonds is 4. The number of benzene rings is 2. The van der Waals surface area contributed by atoms with Gasteiger partial charge in [-0.3, -0.25) is 0 Å². The molecule has 2 aromatic carbocycles.